The monoisotopic (exact) mass is 475 g/mol. The Kier molecular flexibility index (Phi) is 7.45. The van der Waals surface area contributed by atoms with Crippen molar-refractivity contribution in [3.63, 3.8) is 0 Å². The zero-order valence-electron chi connectivity index (χ0n) is 21.4. The highest BCUT2D eigenvalue weighted by molar-refractivity contribution is 5.79. The zero-order chi connectivity index (χ0) is 25.3. The lowest BCUT2D eigenvalue weighted by Crippen LogP contribution is -2.57. The van der Waals surface area contributed by atoms with Gasteiger partial charge < -0.3 is 23.7 Å². The van der Waals surface area contributed by atoms with E-state index in [0.29, 0.717) is 6.42 Å². The van der Waals surface area contributed by atoms with Crippen LogP contribution in [0.5, 0.6) is 0 Å². The summed E-state index contributed by atoms with van der Waals surface area (Å²) in [7, 11) is 1.29. The molecule has 0 aromatic heterocycles. The average molecular weight is 476 g/mol. The Bertz CT molecular complexity index is 903. The Hall–Kier alpha value is -2.42. The first-order chi connectivity index (χ1) is 15.7. The van der Waals surface area contributed by atoms with Crippen LogP contribution in [-0.4, -0.2) is 65.5 Å². The molecule has 2 aliphatic rings. The molecule has 2 saturated heterocycles. The number of esters is 1. The van der Waals surface area contributed by atoms with Crippen LogP contribution in [0.4, 0.5) is 4.79 Å². The van der Waals surface area contributed by atoms with Crippen molar-refractivity contribution >= 4 is 18.1 Å². The van der Waals surface area contributed by atoms with E-state index in [4.69, 9.17) is 23.7 Å². The molecule has 0 saturated carbocycles. The Labute approximate surface area is 202 Å². The fourth-order valence-corrected chi connectivity index (χ4v) is 4.44. The molecule has 0 bridgehead atoms. The number of rotatable bonds is 5. The van der Waals surface area contributed by atoms with Crippen LogP contribution in [-0.2, 0) is 28.5 Å². The minimum atomic E-state index is -1.13. The summed E-state index contributed by atoms with van der Waals surface area (Å²) in [5.74, 6) is -1.50. The van der Waals surface area contributed by atoms with Crippen molar-refractivity contribution in [2.45, 2.75) is 96.4 Å². The second-order valence-corrected chi connectivity index (χ2v) is 10.5. The zero-order valence-corrected chi connectivity index (χ0v) is 21.4. The number of carbonyl (C=O) groups excluding carboxylic acids is 2. The smallest absolute Gasteiger partial charge is 0.413 e. The lowest BCUT2D eigenvalue weighted by Gasteiger charge is -2.37. The summed E-state index contributed by atoms with van der Waals surface area (Å²) in [6.07, 6.45) is 1.77. The predicted octanol–water partition coefficient (Wildman–Crippen LogP) is 4.52. The predicted molar refractivity (Wildman–Crippen MR) is 127 cm³/mol. The molecule has 2 aliphatic heterocycles. The summed E-state index contributed by atoms with van der Waals surface area (Å²) in [5.41, 5.74) is -0.803. The van der Waals surface area contributed by atoms with Gasteiger partial charge in [-0.05, 0) is 60.5 Å². The molecule has 0 unspecified atom stereocenters. The van der Waals surface area contributed by atoms with Gasteiger partial charge in [0.15, 0.2) is 11.9 Å². The summed E-state index contributed by atoms with van der Waals surface area (Å²) < 4.78 is 29.3. The summed E-state index contributed by atoms with van der Waals surface area (Å²) in [5, 5.41) is 0. The minimum absolute atomic E-state index is 0.436. The van der Waals surface area contributed by atoms with E-state index in [1.807, 2.05) is 56.3 Å². The van der Waals surface area contributed by atoms with Crippen molar-refractivity contribution in [1.29, 1.82) is 0 Å². The maximum Gasteiger partial charge on any atom is 0.413 e. The minimum Gasteiger partial charge on any atom is -0.467 e. The fraction of sp³-hybridized carbons (Fsp3) is 0.615. The number of amides is 1. The molecule has 1 aromatic carbocycles. The van der Waals surface area contributed by atoms with E-state index in [9.17, 15) is 9.59 Å². The molecule has 8 nitrogen and oxygen atoms in total. The molecule has 2 heterocycles. The van der Waals surface area contributed by atoms with Gasteiger partial charge in [-0.1, -0.05) is 42.5 Å². The van der Waals surface area contributed by atoms with Crippen LogP contribution in [0.25, 0.3) is 6.08 Å². The van der Waals surface area contributed by atoms with Gasteiger partial charge in [0.1, 0.15) is 23.5 Å². The van der Waals surface area contributed by atoms with E-state index < -0.39 is 53.5 Å². The first-order valence-corrected chi connectivity index (χ1v) is 11.6. The quantitative estimate of drug-likeness (QED) is 0.579. The van der Waals surface area contributed by atoms with Crippen molar-refractivity contribution in [1.82, 2.24) is 4.90 Å². The van der Waals surface area contributed by atoms with Crippen LogP contribution in [0.15, 0.2) is 36.4 Å². The Morgan fingerprint density at radius 3 is 2.29 bits per heavy atom. The van der Waals surface area contributed by atoms with E-state index in [2.05, 4.69) is 0 Å². The number of hydrogen-bond donors (Lipinski definition) is 0. The lowest BCUT2D eigenvalue weighted by atomic mass is 9.96. The number of ether oxygens (including phenoxy) is 5. The molecule has 3 rings (SSSR count). The molecule has 1 aromatic rings. The third kappa shape index (κ3) is 5.98. The summed E-state index contributed by atoms with van der Waals surface area (Å²) in [4.78, 5) is 27.5. The van der Waals surface area contributed by atoms with Gasteiger partial charge in [0.05, 0.1) is 13.2 Å². The molecule has 188 valence electrons. The Morgan fingerprint density at radius 1 is 1.06 bits per heavy atom. The molecule has 0 radical (unpaired) electrons. The highest BCUT2D eigenvalue weighted by Gasteiger charge is 2.61. The normalized spacial score (nSPS) is 28.3. The number of carbonyl (C=O) groups is 2. The van der Waals surface area contributed by atoms with E-state index in [1.165, 1.54) is 12.0 Å². The van der Waals surface area contributed by atoms with E-state index >= 15 is 0 Å². The largest absolute Gasteiger partial charge is 0.467 e. The SMILES string of the molecule is COC(=O)[C@H]1OC(C)(C)N(C(=O)OC(C)(C)C)[C@@H]1[C@@H]1OC(C)(C)O[C@H]1C/C=C\c1ccccc1. The summed E-state index contributed by atoms with van der Waals surface area (Å²) in [6, 6.07) is 9.11. The Morgan fingerprint density at radius 2 is 1.71 bits per heavy atom. The second-order valence-electron chi connectivity index (χ2n) is 10.5. The van der Waals surface area contributed by atoms with Crippen molar-refractivity contribution in [2.75, 3.05) is 7.11 Å². The van der Waals surface area contributed by atoms with Crippen LogP contribution in [0, 0.1) is 0 Å². The van der Waals surface area contributed by atoms with Crippen molar-refractivity contribution < 1.29 is 33.3 Å². The van der Waals surface area contributed by atoms with Gasteiger partial charge in [-0.3, -0.25) is 4.90 Å². The topological polar surface area (TPSA) is 83.5 Å². The van der Waals surface area contributed by atoms with Crippen LogP contribution >= 0.6 is 0 Å². The molecule has 0 spiro atoms. The van der Waals surface area contributed by atoms with Crippen LogP contribution in [0.1, 0.15) is 60.5 Å². The van der Waals surface area contributed by atoms with Crippen molar-refractivity contribution in [2.24, 2.45) is 0 Å². The first kappa shape index (κ1) is 26.2. The van der Waals surface area contributed by atoms with Crippen LogP contribution < -0.4 is 0 Å². The first-order valence-electron chi connectivity index (χ1n) is 11.6. The maximum absolute atomic E-state index is 13.3. The van der Waals surface area contributed by atoms with E-state index in [-0.39, 0.29) is 0 Å². The highest BCUT2D eigenvalue weighted by Crippen LogP contribution is 2.42. The van der Waals surface area contributed by atoms with Gasteiger partial charge in [0.2, 0.25) is 0 Å². The third-order valence-electron chi connectivity index (χ3n) is 5.66. The molecule has 8 heteroatoms. The number of nitrogens with zero attached hydrogens (tertiary/aromatic N) is 1. The molecular formula is C26H37NO7. The number of hydrogen-bond acceptors (Lipinski definition) is 7. The lowest BCUT2D eigenvalue weighted by molar-refractivity contribution is -0.162. The standard InChI is InChI=1S/C26H37NO7/c1-24(2,3)34-23(29)27-19(21(22(28)30-8)32-25(27,4)5)20-18(31-26(6,7)33-20)16-12-15-17-13-10-9-11-14-17/h9-15,18-21H,16H2,1-8H3/b15-12-/t18-,19+,20+,21-/m0/s1. The number of benzene rings is 1. The molecule has 1 amide bonds. The molecule has 4 atom stereocenters. The highest BCUT2D eigenvalue weighted by atomic mass is 16.8. The average Bonchev–Trinajstić information content (AvgIpc) is 3.18. The molecule has 0 N–H and O–H groups in total. The molecule has 34 heavy (non-hydrogen) atoms. The third-order valence-corrected chi connectivity index (χ3v) is 5.66. The van der Waals surface area contributed by atoms with Gasteiger partial charge in [-0.2, -0.15) is 0 Å². The molecule has 2 fully saturated rings. The number of methoxy groups -OCH3 is 1. The van der Waals surface area contributed by atoms with Crippen molar-refractivity contribution in [3.05, 3.63) is 42.0 Å². The van der Waals surface area contributed by atoms with Gasteiger partial charge in [0.25, 0.3) is 0 Å². The van der Waals surface area contributed by atoms with Gasteiger partial charge in [-0.15, -0.1) is 0 Å². The van der Waals surface area contributed by atoms with Gasteiger partial charge >= 0.3 is 12.1 Å². The van der Waals surface area contributed by atoms with Crippen LogP contribution in [0.3, 0.4) is 0 Å². The summed E-state index contributed by atoms with van der Waals surface area (Å²) >= 11 is 0. The van der Waals surface area contributed by atoms with Crippen LogP contribution in [0.2, 0.25) is 0 Å². The Balaban J connectivity index is 1.95. The fourth-order valence-electron chi connectivity index (χ4n) is 4.44. The second kappa shape index (κ2) is 9.68. The molecular weight excluding hydrogens is 438 g/mol. The van der Waals surface area contributed by atoms with E-state index in [0.717, 1.165) is 5.56 Å². The molecule has 0 aliphatic carbocycles. The van der Waals surface area contributed by atoms with Crippen molar-refractivity contribution in [3.8, 4) is 0 Å². The van der Waals surface area contributed by atoms with E-state index in [1.54, 1.807) is 34.6 Å². The van der Waals surface area contributed by atoms with Gasteiger partial charge in [0, 0.05) is 0 Å². The van der Waals surface area contributed by atoms with Gasteiger partial charge in [-0.25, -0.2) is 9.59 Å². The maximum atomic E-state index is 13.3. The summed E-state index contributed by atoms with van der Waals surface area (Å²) in [6.45, 7) is 12.4.